The lowest BCUT2D eigenvalue weighted by Gasteiger charge is -2.22. The molecule has 1 heteroatoms. The Morgan fingerprint density at radius 3 is 1.80 bits per heavy atom. The molecule has 0 spiro atoms. The number of aliphatic hydroxyl groups is 1. The third kappa shape index (κ3) is 5.39. The molecule has 0 amide bonds. The van der Waals surface area contributed by atoms with E-state index in [2.05, 4.69) is 11.8 Å². The summed E-state index contributed by atoms with van der Waals surface area (Å²) in [4.78, 5) is 0. The normalized spacial score (nSPS) is 20.2. The first kappa shape index (κ1) is 15.1. The Morgan fingerprint density at radius 2 is 1.25 bits per heavy atom. The van der Waals surface area contributed by atoms with Crippen molar-refractivity contribution in [3.63, 3.8) is 0 Å². The van der Waals surface area contributed by atoms with Crippen molar-refractivity contribution in [3.05, 3.63) is 35.9 Å². The number of hydrogen-bond acceptors (Lipinski definition) is 1. The molecule has 2 rings (SSSR count). The Labute approximate surface area is 123 Å². The summed E-state index contributed by atoms with van der Waals surface area (Å²) in [6.07, 6.45) is 11.6. The molecule has 0 aliphatic heterocycles. The Bertz CT molecular complexity index is 426. The molecular weight excluding hydrogens is 244 g/mol. The molecule has 0 aromatic heterocycles. The van der Waals surface area contributed by atoms with Gasteiger partial charge < -0.3 is 5.11 Å². The summed E-state index contributed by atoms with van der Waals surface area (Å²) in [6.45, 7) is 0. The van der Waals surface area contributed by atoms with Crippen molar-refractivity contribution in [2.24, 2.45) is 0 Å². The van der Waals surface area contributed by atoms with Gasteiger partial charge in [-0.2, -0.15) is 0 Å². The summed E-state index contributed by atoms with van der Waals surface area (Å²) < 4.78 is 0. The second-order valence-corrected chi connectivity index (χ2v) is 5.98. The van der Waals surface area contributed by atoms with E-state index in [0.29, 0.717) is 0 Å². The van der Waals surface area contributed by atoms with E-state index in [9.17, 15) is 5.11 Å². The fourth-order valence-electron chi connectivity index (χ4n) is 2.86. The highest BCUT2D eigenvalue weighted by Gasteiger charge is 2.23. The van der Waals surface area contributed by atoms with Crippen LogP contribution in [0.2, 0.25) is 0 Å². The Balaban J connectivity index is 2.02. The van der Waals surface area contributed by atoms with Gasteiger partial charge in [-0.1, -0.05) is 68.6 Å². The summed E-state index contributed by atoms with van der Waals surface area (Å²) in [6, 6.07) is 9.98. The summed E-state index contributed by atoms with van der Waals surface area (Å²) >= 11 is 0. The summed E-state index contributed by atoms with van der Waals surface area (Å²) in [5.41, 5.74) is 0.218. The molecule has 0 bridgehead atoms. The molecule has 0 unspecified atom stereocenters. The van der Waals surface area contributed by atoms with Crippen molar-refractivity contribution in [2.45, 2.75) is 69.8 Å². The fraction of sp³-hybridized carbons (Fsp3) is 0.579. The van der Waals surface area contributed by atoms with Crippen LogP contribution in [0.1, 0.15) is 69.8 Å². The molecule has 1 aliphatic rings. The second kappa shape index (κ2) is 8.12. The first-order chi connectivity index (χ1) is 9.79. The van der Waals surface area contributed by atoms with Crippen LogP contribution >= 0.6 is 0 Å². The van der Waals surface area contributed by atoms with Gasteiger partial charge in [-0.05, 0) is 37.8 Å². The average molecular weight is 270 g/mol. The molecule has 1 aromatic rings. The first-order valence-corrected chi connectivity index (χ1v) is 8.09. The maximum atomic E-state index is 10.8. The molecule has 0 atom stereocenters. The standard InChI is InChI=1S/C19H26O/c20-19(17-14-18-12-8-7-9-13-18)15-10-5-3-1-2-4-6-11-16-19/h7-9,12-13,20H,1-6,10-11,15-16H2. The van der Waals surface area contributed by atoms with E-state index >= 15 is 0 Å². The molecule has 1 fully saturated rings. The van der Waals surface area contributed by atoms with Gasteiger partial charge >= 0.3 is 0 Å². The summed E-state index contributed by atoms with van der Waals surface area (Å²) in [5.74, 6) is 6.31. The van der Waals surface area contributed by atoms with Gasteiger partial charge in [0.1, 0.15) is 5.60 Å². The zero-order valence-electron chi connectivity index (χ0n) is 12.4. The Hall–Kier alpha value is -1.26. The van der Waals surface area contributed by atoms with E-state index in [0.717, 1.165) is 31.2 Å². The van der Waals surface area contributed by atoms with E-state index in [1.54, 1.807) is 0 Å². The van der Waals surface area contributed by atoms with Crippen LogP contribution < -0.4 is 0 Å². The van der Waals surface area contributed by atoms with Crippen LogP contribution in [-0.4, -0.2) is 10.7 Å². The van der Waals surface area contributed by atoms with E-state index in [1.807, 2.05) is 30.3 Å². The summed E-state index contributed by atoms with van der Waals surface area (Å²) in [5, 5.41) is 10.8. The van der Waals surface area contributed by atoms with Crippen molar-refractivity contribution in [1.82, 2.24) is 0 Å². The smallest absolute Gasteiger partial charge is 0.125 e. The monoisotopic (exact) mass is 270 g/mol. The molecule has 108 valence electrons. The maximum Gasteiger partial charge on any atom is 0.125 e. The second-order valence-electron chi connectivity index (χ2n) is 5.98. The van der Waals surface area contributed by atoms with Crippen LogP contribution in [0.5, 0.6) is 0 Å². The van der Waals surface area contributed by atoms with Crippen LogP contribution in [0.25, 0.3) is 0 Å². The van der Waals surface area contributed by atoms with E-state index < -0.39 is 5.60 Å². The largest absolute Gasteiger partial charge is 0.378 e. The molecule has 1 nitrogen and oxygen atoms in total. The minimum absolute atomic E-state index is 0.778. The molecule has 1 N–H and O–H groups in total. The number of rotatable bonds is 0. The highest BCUT2D eigenvalue weighted by Crippen LogP contribution is 2.24. The van der Waals surface area contributed by atoms with Crippen molar-refractivity contribution >= 4 is 0 Å². The van der Waals surface area contributed by atoms with E-state index in [-0.39, 0.29) is 0 Å². The van der Waals surface area contributed by atoms with Crippen LogP contribution in [0.3, 0.4) is 0 Å². The summed E-state index contributed by atoms with van der Waals surface area (Å²) in [7, 11) is 0. The zero-order chi connectivity index (χ0) is 14.1. The molecular formula is C19H26O. The van der Waals surface area contributed by atoms with Gasteiger partial charge in [0.2, 0.25) is 0 Å². The van der Waals surface area contributed by atoms with Gasteiger partial charge in [0, 0.05) is 5.56 Å². The van der Waals surface area contributed by atoms with Crippen LogP contribution in [-0.2, 0) is 0 Å². The van der Waals surface area contributed by atoms with Crippen LogP contribution in [0.15, 0.2) is 30.3 Å². The van der Waals surface area contributed by atoms with Gasteiger partial charge in [0.25, 0.3) is 0 Å². The van der Waals surface area contributed by atoms with Gasteiger partial charge in [0.15, 0.2) is 0 Å². The number of hydrogen-bond donors (Lipinski definition) is 1. The lowest BCUT2D eigenvalue weighted by Crippen LogP contribution is -2.26. The molecule has 0 saturated heterocycles. The zero-order valence-corrected chi connectivity index (χ0v) is 12.4. The van der Waals surface area contributed by atoms with Gasteiger partial charge in [-0.25, -0.2) is 0 Å². The minimum atomic E-state index is -0.778. The van der Waals surface area contributed by atoms with Gasteiger partial charge in [-0.15, -0.1) is 0 Å². The fourth-order valence-corrected chi connectivity index (χ4v) is 2.86. The van der Waals surface area contributed by atoms with Gasteiger partial charge in [0.05, 0.1) is 0 Å². The predicted octanol–water partition coefficient (Wildman–Crippen LogP) is 4.68. The first-order valence-electron chi connectivity index (χ1n) is 8.09. The Morgan fingerprint density at radius 1 is 0.750 bits per heavy atom. The molecule has 1 aromatic carbocycles. The highest BCUT2D eigenvalue weighted by molar-refractivity contribution is 5.35. The third-order valence-corrected chi connectivity index (χ3v) is 4.14. The third-order valence-electron chi connectivity index (χ3n) is 4.14. The molecule has 1 aliphatic carbocycles. The lowest BCUT2D eigenvalue weighted by atomic mass is 9.90. The van der Waals surface area contributed by atoms with Crippen molar-refractivity contribution in [2.75, 3.05) is 0 Å². The maximum absolute atomic E-state index is 10.8. The van der Waals surface area contributed by atoms with Crippen molar-refractivity contribution < 1.29 is 5.11 Å². The minimum Gasteiger partial charge on any atom is -0.378 e. The molecule has 20 heavy (non-hydrogen) atoms. The van der Waals surface area contributed by atoms with Crippen molar-refractivity contribution in [3.8, 4) is 11.8 Å². The molecule has 1 saturated carbocycles. The lowest BCUT2D eigenvalue weighted by molar-refractivity contribution is 0.0768. The SMILES string of the molecule is OC1(C#Cc2ccccc2)CCCCCCCCCC1. The number of benzene rings is 1. The topological polar surface area (TPSA) is 20.2 Å². The van der Waals surface area contributed by atoms with Crippen LogP contribution in [0.4, 0.5) is 0 Å². The van der Waals surface area contributed by atoms with E-state index in [4.69, 9.17) is 0 Å². The Kier molecular flexibility index (Phi) is 6.15. The average Bonchev–Trinajstić information content (AvgIpc) is 2.52. The predicted molar refractivity (Wildman–Crippen MR) is 84.4 cm³/mol. The van der Waals surface area contributed by atoms with Gasteiger partial charge in [-0.3, -0.25) is 0 Å². The van der Waals surface area contributed by atoms with Crippen LogP contribution in [0, 0.1) is 11.8 Å². The van der Waals surface area contributed by atoms with Crippen molar-refractivity contribution in [1.29, 1.82) is 0 Å². The molecule has 0 radical (unpaired) electrons. The highest BCUT2D eigenvalue weighted by atomic mass is 16.3. The quantitative estimate of drug-likeness (QED) is 0.678. The molecule has 0 heterocycles. The van der Waals surface area contributed by atoms with E-state index in [1.165, 1.54) is 38.5 Å².